The van der Waals surface area contributed by atoms with Crippen LogP contribution in [0.15, 0.2) is 30.5 Å². The van der Waals surface area contributed by atoms with Gasteiger partial charge in [-0.3, -0.25) is 9.78 Å². The number of carbonyl (C=O) groups is 1. The molecule has 70 valence electrons. The van der Waals surface area contributed by atoms with E-state index >= 15 is 0 Å². The zero-order valence-corrected chi connectivity index (χ0v) is 7.27. The smallest absolute Gasteiger partial charge is 0.250 e. The van der Waals surface area contributed by atoms with Crippen LogP contribution in [0.4, 0.5) is 0 Å². The number of aromatic hydroxyl groups is 1. The number of carbonyl (C=O) groups excluding carboxylic acids is 1. The summed E-state index contributed by atoms with van der Waals surface area (Å²) in [5, 5.41) is 10.0. The van der Waals surface area contributed by atoms with E-state index in [0.717, 1.165) is 0 Å². The Balaban J connectivity index is 2.76. The van der Waals surface area contributed by atoms with Crippen LogP contribution in [0.3, 0.4) is 0 Å². The molecule has 2 rings (SSSR count). The van der Waals surface area contributed by atoms with Gasteiger partial charge in [-0.15, -0.1) is 0 Å². The van der Waals surface area contributed by atoms with Crippen LogP contribution < -0.4 is 5.73 Å². The van der Waals surface area contributed by atoms with Crippen molar-refractivity contribution in [3.8, 4) is 5.75 Å². The lowest BCUT2D eigenvalue weighted by Crippen LogP contribution is -2.10. The average Bonchev–Trinajstić information content (AvgIpc) is 2.18. The third kappa shape index (κ3) is 1.26. The predicted octanol–water partition coefficient (Wildman–Crippen LogP) is 1.04. The van der Waals surface area contributed by atoms with Crippen LogP contribution in [-0.2, 0) is 0 Å². The summed E-state index contributed by atoms with van der Waals surface area (Å²) in [6.07, 6.45) is 1.39. The number of benzene rings is 1. The number of primary amides is 1. The van der Waals surface area contributed by atoms with Crippen molar-refractivity contribution in [2.75, 3.05) is 0 Å². The van der Waals surface area contributed by atoms with Gasteiger partial charge in [-0.05, 0) is 18.2 Å². The van der Waals surface area contributed by atoms with Crippen LogP contribution >= 0.6 is 0 Å². The number of hydrogen-bond acceptors (Lipinski definition) is 3. The van der Waals surface area contributed by atoms with Crippen molar-refractivity contribution in [3.63, 3.8) is 0 Å². The molecule has 0 bridgehead atoms. The zero-order chi connectivity index (χ0) is 10.1. The third-order valence-electron chi connectivity index (χ3n) is 1.99. The quantitative estimate of drug-likeness (QED) is 0.701. The lowest BCUT2D eigenvalue weighted by molar-refractivity contribution is 0.1000. The van der Waals surface area contributed by atoms with Gasteiger partial charge in [0.25, 0.3) is 0 Å². The highest BCUT2D eigenvalue weighted by Crippen LogP contribution is 2.23. The summed E-state index contributed by atoms with van der Waals surface area (Å²) in [7, 11) is 0. The van der Waals surface area contributed by atoms with Crippen molar-refractivity contribution in [2.45, 2.75) is 0 Å². The number of hydrogen-bond donors (Lipinski definition) is 2. The van der Waals surface area contributed by atoms with E-state index < -0.39 is 5.91 Å². The zero-order valence-electron chi connectivity index (χ0n) is 7.27. The number of nitrogens with two attached hydrogens (primary N) is 1. The molecule has 4 heteroatoms. The van der Waals surface area contributed by atoms with Crippen molar-refractivity contribution in [2.24, 2.45) is 5.73 Å². The second-order valence-corrected chi connectivity index (χ2v) is 2.93. The molecule has 0 spiro atoms. The van der Waals surface area contributed by atoms with Gasteiger partial charge in [0, 0.05) is 11.6 Å². The number of amides is 1. The standard InChI is InChI=1S/C10H8N2O2/c11-10(14)6-4-7-8(12-5-6)2-1-3-9(7)13/h1-5,13H,(H2,11,14). The van der Waals surface area contributed by atoms with Crippen LogP contribution in [-0.4, -0.2) is 16.0 Å². The van der Waals surface area contributed by atoms with E-state index in [1.54, 1.807) is 12.1 Å². The van der Waals surface area contributed by atoms with E-state index in [2.05, 4.69) is 4.98 Å². The van der Waals surface area contributed by atoms with Gasteiger partial charge < -0.3 is 10.8 Å². The number of rotatable bonds is 1. The van der Waals surface area contributed by atoms with Crippen LogP contribution in [0.25, 0.3) is 10.9 Å². The minimum absolute atomic E-state index is 0.0955. The lowest BCUT2D eigenvalue weighted by Gasteiger charge is -2.01. The van der Waals surface area contributed by atoms with Gasteiger partial charge in [0.1, 0.15) is 5.75 Å². The molecule has 1 aromatic carbocycles. The number of aromatic nitrogens is 1. The maximum Gasteiger partial charge on any atom is 0.250 e. The second kappa shape index (κ2) is 2.99. The molecule has 0 radical (unpaired) electrons. The number of fused-ring (bicyclic) bond motifs is 1. The molecule has 0 atom stereocenters. The summed E-state index contributed by atoms with van der Waals surface area (Å²) in [6.45, 7) is 0. The van der Waals surface area contributed by atoms with Gasteiger partial charge in [-0.1, -0.05) is 6.07 Å². The van der Waals surface area contributed by atoms with Gasteiger partial charge in [0.2, 0.25) is 5.91 Å². The average molecular weight is 188 g/mol. The molecule has 1 aromatic heterocycles. The minimum atomic E-state index is -0.553. The molecule has 0 aliphatic carbocycles. The first-order valence-corrected chi connectivity index (χ1v) is 4.06. The Morgan fingerprint density at radius 3 is 2.93 bits per heavy atom. The Bertz CT molecular complexity index is 508. The van der Waals surface area contributed by atoms with Crippen molar-refractivity contribution in [1.82, 2.24) is 4.98 Å². The number of phenolic OH excluding ortho intramolecular Hbond substituents is 1. The SMILES string of the molecule is NC(=O)c1cnc2cccc(O)c2c1. The van der Waals surface area contributed by atoms with Crippen LogP contribution in [0.1, 0.15) is 10.4 Å². The third-order valence-corrected chi connectivity index (χ3v) is 1.99. The van der Waals surface area contributed by atoms with Crippen LogP contribution in [0, 0.1) is 0 Å². The minimum Gasteiger partial charge on any atom is -0.507 e. The van der Waals surface area contributed by atoms with Crippen LogP contribution in [0.2, 0.25) is 0 Å². The molecule has 14 heavy (non-hydrogen) atoms. The van der Waals surface area contributed by atoms with Crippen LogP contribution in [0.5, 0.6) is 5.75 Å². The molecule has 0 saturated heterocycles. The molecule has 1 amide bonds. The van der Waals surface area contributed by atoms with E-state index in [-0.39, 0.29) is 5.75 Å². The maximum absolute atomic E-state index is 10.9. The fourth-order valence-electron chi connectivity index (χ4n) is 1.27. The Kier molecular flexibility index (Phi) is 1.81. The van der Waals surface area contributed by atoms with Crippen molar-refractivity contribution >= 4 is 16.8 Å². The Labute approximate surface area is 80.0 Å². The highest BCUT2D eigenvalue weighted by molar-refractivity contribution is 5.97. The van der Waals surface area contributed by atoms with E-state index in [1.807, 2.05) is 0 Å². The summed E-state index contributed by atoms with van der Waals surface area (Å²) in [5.41, 5.74) is 6.02. The van der Waals surface area contributed by atoms with Crippen molar-refractivity contribution in [1.29, 1.82) is 0 Å². The van der Waals surface area contributed by atoms with Gasteiger partial charge in [-0.2, -0.15) is 0 Å². The number of pyridine rings is 1. The Hall–Kier alpha value is -2.10. The topological polar surface area (TPSA) is 76.2 Å². The highest BCUT2D eigenvalue weighted by Gasteiger charge is 2.05. The van der Waals surface area contributed by atoms with Crippen molar-refractivity contribution < 1.29 is 9.90 Å². The first-order valence-electron chi connectivity index (χ1n) is 4.06. The summed E-state index contributed by atoms with van der Waals surface area (Å²) < 4.78 is 0. The predicted molar refractivity (Wildman–Crippen MR) is 51.9 cm³/mol. The van der Waals surface area contributed by atoms with Gasteiger partial charge in [0.15, 0.2) is 0 Å². The summed E-state index contributed by atoms with van der Waals surface area (Å²) >= 11 is 0. The van der Waals surface area contributed by atoms with E-state index in [1.165, 1.54) is 18.3 Å². The molecule has 0 aliphatic rings. The van der Waals surface area contributed by atoms with E-state index in [9.17, 15) is 9.90 Å². The second-order valence-electron chi connectivity index (χ2n) is 2.93. The monoisotopic (exact) mass is 188 g/mol. The number of nitrogens with zero attached hydrogens (tertiary/aromatic N) is 1. The first kappa shape index (κ1) is 8.50. The molecular weight excluding hydrogens is 180 g/mol. The highest BCUT2D eigenvalue weighted by atomic mass is 16.3. The summed E-state index contributed by atoms with van der Waals surface area (Å²) in [6, 6.07) is 6.50. The first-order chi connectivity index (χ1) is 6.68. The molecule has 4 nitrogen and oxygen atoms in total. The summed E-state index contributed by atoms with van der Waals surface area (Å²) in [4.78, 5) is 14.9. The van der Waals surface area contributed by atoms with Gasteiger partial charge >= 0.3 is 0 Å². The Morgan fingerprint density at radius 1 is 1.43 bits per heavy atom. The molecule has 3 N–H and O–H groups in total. The van der Waals surface area contributed by atoms with E-state index in [0.29, 0.717) is 16.5 Å². The normalized spacial score (nSPS) is 10.3. The number of phenols is 1. The molecule has 0 unspecified atom stereocenters. The molecule has 2 aromatic rings. The molecule has 0 fully saturated rings. The fourth-order valence-corrected chi connectivity index (χ4v) is 1.27. The molecule has 1 heterocycles. The van der Waals surface area contributed by atoms with Crippen molar-refractivity contribution in [3.05, 3.63) is 36.0 Å². The maximum atomic E-state index is 10.9. The Morgan fingerprint density at radius 2 is 2.21 bits per heavy atom. The van der Waals surface area contributed by atoms with E-state index in [4.69, 9.17) is 5.73 Å². The lowest BCUT2D eigenvalue weighted by atomic mass is 10.1. The largest absolute Gasteiger partial charge is 0.507 e. The van der Waals surface area contributed by atoms with Gasteiger partial charge in [0.05, 0.1) is 11.1 Å². The van der Waals surface area contributed by atoms with Gasteiger partial charge in [-0.25, -0.2) is 0 Å². The summed E-state index contributed by atoms with van der Waals surface area (Å²) in [5.74, 6) is -0.458. The molecule has 0 saturated carbocycles. The fraction of sp³-hybridized carbons (Fsp3) is 0. The molecular formula is C10H8N2O2. The molecule has 0 aliphatic heterocycles.